The number of halogens is 1. The first-order valence-corrected chi connectivity index (χ1v) is 7.44. The van der Waals surface area contributed by atoms with Gasteiger partial charge in [0.15, 0.2) is 0 Å². The molecular formula is C18H10BrN2. The molecule has 0 aliphatic rings. The number of hydrogen-bond donors (Lipinski definition) is 0. The van der Waals surface area contributed by atoms with Gasteiger partial charge in [-0.3, -0.25) is 0 Å². The van der Waals surface area contributed by atoms with Gasteiger partial charge >= 0.3 is 0 Å². The zero-order chi connectivity index (χ0) is 14.2. The van der Waals surface area contributed by atoms with Crippen molar-refractivity contribution in [1.82, 2.24) is 9.97 Å². The third-order valence-corrected chi connectivity index (χ3v) is 3.93. The fraction of sp³-hybridized carbons (Fsp3) is 0. The fourth-order valence-electron chi connectivity index (χ4n) is 2.45. The van der Waals surface area contributed by atoms with Gasteiger partial charge < -0.3 is 0 Å². The van der Waals surface area contributed by atoms with E-state index < -0.39 is 0 Å². The minimum atomic E-state index is 0.793. The van der Waals surface area contributed by atoms with Crippen molar-refractivity contribution in [1.29, 1.82) is 0 Å². The lowest BCUT2D eigenvalue weighted by molar-refractivity contribution is 1.39. The summed E-state index contributed by atoms with van der Waals surface area (Å²) >= 11 is 3.47. The number of fused-ring (bicyclic) bond motifs is 2. The predicted molar refractivity (Wildman–Crippen MR) is 89.0 cm³/mol. The molecule has 1 aromatic heterocycles. The topological polar surface area (TPSA) is 25.8 Å². The molecule has 0 aliphatic heterocycles. The summed E-state index contributed by atoms with van der Waals surface area (Å²) in [5.74, 6) is 0. The maximum atomic E-state index is 4.78. The first kappa shape index (κ1) is 12.5. The van der Waals surface area contributed by atoms with Gasteiger partial charge in [-0.25, -0.2) is 9.97 Å². The first-order chi connectivity index (χ1) is 10.3. The van der Waals surface area contributed by atoms with Gasteiger partial charge in [-0.1, -0.05) is 58.4 Å². The van der Waals surface area contributed by atoms with Crippen LogP contribution in [0.1, 0.15) is 0 Å². The molecule has 4 aromatic rings. The van der Waals surface area contributed by atoms with Gasteiger partial charge in [0, 0.05) is 16.1 Å². The zero-order valence-electron chi connectivity index (χ0n) is 11.0. The lowest BCUT2D eigenvalue weighted by Gasteiger charge is -2.07. The molecular weight excluding hydrogens is 324 g/mol. The largest absolute Gasteiger partial charge is 0.244 e. The minimum absolute atomic E-state index is 0.793. The number of hydrogen-bond acceptors (Lipinski definition) is 2. The van der Waals surface area contributed by atoms with Crippen LogP contribution in [0.2, 0.25) is 0 Å². The Balaban J connectivity index is 2.07. The number of nitrogens with zero attached hydrogens (tertiary/aromatic N) is 2. The van der Waals surface area contributed by atoms with Crippen molar-refractivity contribution in [3.8, 4) is 11.1 Å². The molecule has 4 rings (SSSR count). The molecule has 0 unspecified atom stereocenters. The average molecular weight is 334 g/mol. The van der Waals surface area contributed by atoms with Gasteiger partial charge in [0.05, 0.1) is 22.1 Å². The van der Waals surface area contributed by atoms with E-state index in [4.69, 9.17) is 4.98 Å². The van der Waals surface area contributed by atoms with E-state index in [1.54, 1.807) is 0 Å². The van der Waals surface area contributed by atoms with Gasteiger partial charge in [-0.05, 0) is 23.8 Å². The predicted octanol–water partition coefficient (Wildman–Crippen LogP) is 5.01. The lowest BCUT2D eigenvalue weighted by atomic mass is 10.0. The highest BCUT2D eigenvalue weighted by atomic mass is 79.9. The van der Waals surface area contributed by atoms with Crippen molar-refractivity contribution in [3.05, 3.63) is 71.2 Å². The standard InChI is InChI=1S/C18H10BrN2/c19-13-9-10-15-17(11-13)20-16-8-4-7-14(18(16)21-15)12-5-2-1-3-6-12/h1-7,9-11H. The molecule has 1 radical (unpaired) electrons. The van der Waals surface area contributed by atoms with E-state index in [0.29, 0.717) is 0 Å². The Hall–Kier alpha value is -2.26. The molecule has 0 bridgehead atoms. The van der Waals surface area contributed by atoms with Crippen molar-refractivity contribution < 1.29 is 0 Å². The monoisotopic (exact) mass is 333 g/mol. The van der Waals surface area contributed by atoms with Gasteiger partial charge in [-0.15, -0.1) is 0 Å². The Morgan fingerprint density at radius 2 is 1.71 bits per heavy atom. The number of benzene rings is 3. The van der Waals surface area contributed by atoms with Crippen LogP contribution in [-0.2, 0) is 0 Å². The highest BCUT2D eigenvalue weighted by Crippen LogP contribution is 2.28. The molecule has 0 spiro atoms. The molecule has 0 saturated carbocycles. The third kappa shape index (κ3) is 2.20. The Morgan fingerprint density at radius 3 is 2.57 bits per heavy atom. The molecule has 0 fully saturated rings. The second-order valence-electron chi connectivity index (χ2n) is 4.81. The smallest absolute Gasteiger partial charge is 0.0980 e. The molecule has 1 heterocycles. The van der Waals surface area contributed by atoms with Crippen molar-refractivity contribution in [2.24, 2.45) is 0 Å². The van der Waals surface area contributed by atoms with Gasteiger partial charge in [0.2, 0.25) is 0 Å². The summed E-state index contributed by atoms with van der Waals surface area (Å²) in [7, 11) is 0. The van der Waals surface area contributed by atoms with Gasteiger partial charge in [0.1, 0.15) is 0 Å². The van der Waals surface area contributed by atoms with Crippen molar-refractivity contribution in [2.45, 2.75) is 0 Å². The Bertz CT molecular complexity index is 949. The molecule has 21 heavy (non-hydrogen) atoms. The molecule has 0 aliphatic carbocycles. The summed E-state index contributed by atoms with van der Waals surface area (Å²) in [4.78, 5) is 9.46. The normalized spacial score (nSPS) is 11.1. The van der Waals surface area contributed by atoms with Crippen LogP contribution >= 0.6 is 15.9 Å². The van der Waals surface area contributed by atoms with Crippen molar-refractivity contribution in [2.75, 3.05) is 0 Å². The second-order valence-corrected chi connectivity index (χ2v) is 5.73. The highest BCUT2D eigenvalue weighted by molar-refractivity contribution is 9.10. The van der Waals surface area contributed by atoms with E-state index in [9.17, 15) is 0 Å². The van der Waals surface area contributed by atoms with E-state index in [-0.39, 0.29) is 0 Å². The van der Waals surface area contributed by atoms with Gasteiger partial charge in [-0.2, -0.15) is 0 Å². The molecule has 0 amide bonds. The summed E-state index contributed by atoms with van der Waals surface area (Å²) in [5, 5.41) is 0. The maximum absolute atomic E-state index is 4.78. The second kappa shape index (κ2) is 4.93. The summed E-state index contributed by atoms with van der Waals surface area (Å²) in [6.45, 7) is 0. The van der Waals surface area contributed by atoms with Crippen LogP contribution in [0.5, 0.6) is 0 Å². The fourth-order valence-corrected chi connectivity index (χ4v) is 2.80. The Morgan fingerprint density at radius 1 is 0.857 bits per heavy atom. The van der Waals surface area contributed by atoms with Crippen LogP contribution in [0, 0.1) is 6.07 Å². The SMILES string of the molecule is Brc1ccc2nc3c(-c4ccccc4)cc[c]c3nc2c1. The highest BCUT2D eigenvalue weighted by Gasteiger charge is 2.08. The Kier molecular flexibility index (Phi) is 2.93. The summed E-state index contributed by atoms with van der Waals surface area (Å²) in [6, 6.07) is 23.3. The van der Waals surface area contributed by atoms with Crippen LogP contribution in [0.25, 0.3) is 33.2 Å². The summed E-state index contributed by atoms with van der Waals surface area (Å²) < 4.78 is 1.00. The molecule has 0 saturated heterocycles. The van der Waals surface area contributed by atoms with Crippen LogP contribution in [-0.4, -0.2) is 9.97 Å². The average Bonchev–Trinajstić information content (AvgIpc) is 2.53. The van der Waals surface area contributed by atoms with E-state index >= 15 is 0 Å². The van der Waals surface area contributed by atoms with E-state index in [1.165, 1.54) is 0 Å². The molecule has 0 N–H and O–H groups in total. The zero-order valence-corrected chi connectivity index (χ0v) is 12.6. The lowest BCUT2D eigenvalue weighted by Crippen LogP contribution is -1.90. The maximum Gasteiger partial charge on any atom is 0.0980 e. The summed E-state index contributed by atoms with van der Waals surface area (Å²) in [6.07, 6.45) is 0. The van der Waals surface area contributed by atoms with Crippen LogP contribution in [0.15, 0.2) is 65.1 Å². The van der Waals surface area contributed by atoms with E-state index in [1.807, 2.05) is 48.5 Å². The van der Waals surface area contributed by atoms with E-state index in [2.05, 4.69) is 39.1 Å². The van der Waals surface area contributed by atoms with Crippen molar-refractivity contribution >= 4 is 38.0 Å². The van der Waals surface area contributed by atoms with Crippen molar-refractivity contribution in [3.63, 3.8) is 0 Å². The molecule has 0 atom stereocenters. The van der Waals surface area contributed by atoms with Crippen LogP contribution in [0.4, 0.5) is 0 Å². The third-order valence-electron chi connectivity index (χ3n) is 3.44. The molecule has 99 valence electrons. The molecule has 3 aromatic carbocycles. The van der Waals surface area contributed by atoms with Crippen LogP contribution < -0.4 is 0 Å². The van der Waals surface area contributed by atoms with Gasteiger partial charge in [0.25, 0.3) is 0 Å². The molecule has 2 nitrogen and oxygen atoms in total. The Labute approximate surface area is 130 Å². The van der Waals surface area contributed by atoms with Crippen LogP contribution in [0.3, 0.4) is 0 Å². The first-order valence-electron chi connectivity index (χ1n) is 6.64. The number of rotatable bonds is 1. The minimum Gasteiger partial charge on any atom is -0.244 e. The summed E-state index contributed by atoms with van der Waals surface area (Å²) in [5.41, 5.74) is 5.67. The quantitative estimate of drug-likeness (QED) is 0.457. The molecule has 3 heteroatoms. The number of aromatic nitrogens is 2. The van der Waals surface area contributed by atoms with E-state index in [0.717, 1.165) is 37.7 Å².